The molecule has 10 heteroatoms. The Bertz CT molecular complexity index is 1210. The van der Waals surface area contributed by atoms with Crippen molar-refractivity contribution in [3.8, 4) is 16.9 Å². The first kappa shape index (κ1) is 24.4. The van der Waals surface area contributed by atoms with Crippen LogP contribution in [0.25, 0.3) is 11.1 Å². The molecule has 0 aliphatic rings. The number of ether oxygens (including phenoxy) is 2. The van der Waals surface area contributed by atoms with Gasteiger partial charge in [0, 0.05) is 27.0 Å². The van der Waals surface area contributed by atoms with Crippen LogP contribution >= 0.6 is 27.3 Å². The zero-order chi connectivity index (χ0) is 24.1. The highest BCUT2D eigenvalue weighted by Gasteiger charge is 2.26. The fourth-order valence-electron chi connectivity index (χ4n) is 3.15. The molecule has 33 heavy (non-hydrogen) atoms. The van der Waals surface area contributed by atoms with Crippen LogP contribution in [0.4, 0.5) is 10.7 Å². The van der Waals surface area contributed by atoms with Gasteiger partial charge in [0.05, 0.1) is 11.5 Å². The number of nitro groups is 1. The summed E-state index contributed by atoms with van der Waals surface area (Å²) >= 11 is 4.64. The Kier molecular flexibility index (Phi) is 7.83. The minimum atomic E-state index is -0.588. The number of benzene rings is 2. The van der Waals surface area contributed by atoms with E-state index in [9.17, 15) is 19.7 Å². The SMILES string of the molecule is CCOC(=O)c1c(NC(=O)COc2ccc(Br)c(C)c2)sc(C)c1-c1ccc([N+](=O)[O-])cc1. The van der Waals surface area contributed by atoms with Crippen molar-refractivity contribution < 1.29 is 24.0 Å². The zero-order valence-electron chi connectivity index (χ0n) is 18.1. The van der Waals surface area contributed by atoms with Gasteiger partial charge in [-0.25, -0.2) is 4.79 Å². The molecule has 0 unspecified atom stereocenters. The van der Waals surface area contributed by atoms with E-state index in [1.54, 1.807) is 32.0 Å². The molecule has 0 fully saturated rings. The molecule has 0 bridgehead atoms. The third kappa shape index (κ3) is 5.77. The first-order chi connectivity index (χ1) is 15.7. The zero-order valence-corrected chi connectivity index (χ0v) is 20.5. The Morgan fingerprint density at radius 2 is 1.85 bits per heavy atom. The van der Waals surface area contributed by atoms with E-state index in [1.165, 1.54) is 23.5 Å². The van der Waals surface area contributed by atoms with Crippen LogP contribution in [0, 0.1) is 24.0 Å². The van der Waals surface area contributed by atoms with Crippen LogP contribution < -0.4 is 10.1 Å². The van der Waals surface area contributed by atoms with Crippen molar-refractivity contribution in [2.75, 3.05) is 18.5 Å². The number of amides is 1. The van der Waals surface area contributed by atoms with Gasteiger partial charge >= 0.3 is 5.97 Å². The molecule has 3 aromatic rings. The number of thiophene rings is 1. The van der Waals surface area contributed by atoms with Crippen molar-refractivity contribution in [3.05, 3.63) is 73.1 Å². The fourth-order valence-corrected chi connectivity index (χ4v) is 4.47. The lowest BCUT2D eigenvalue weighted by Crippen LogP contribution is -2.21. The number of hydrogen-bond acceptors (Lipinski definition) is 7. The van der Waals surface area contributed by atoms with Gasteiger partial charge in [0.2, 0.25) is 0 Å². The van der Waals surface area contributed by atoms with Crippen molar-refractivity contribution in [2.24, 2.45) is 0 Å². The van der Waals surface area contributed by atoms with Gasteiger partial charge in [-0.1, -0.05) is 15.9 Å². The summed E-state index contributed by atoms with van der Waals surface area (Å²) in [5.41, 5.74) is 2.30. The van der Waals surface area contributed by atoms with Crippen molar-refractivity contribution in [1.29, 1.82) is 0 Å². The Labute approximate surface area is 202 Å². The number of nitrogens with one attached hydrogen (secondary N) is 1. The summed E-state index contributed by atoms with van der Waals surface area (Å²) in [5, 5.41) is 14.0. The third-order valence-corrected chi connectivity index (χ3v) is 6.59. The fraction of sp³-hybridized carbons (Fsp3) is 0.217. The van der Waals surface area contributed by atoms with E-state index in [4.69, 9.17) is 9.47 Å². The van der Waals surface area contributed by atoms with Gasteiger partial charge in [0.25, 0.3) is 11.6 Å². The average Bonchev–Trinajstić information content (AvgIpc) is 3.10. The molecule has 3 rings (SSSR count). The summed E-state index contributed by atoms with van der Waals surface area (Å²) in [6.45, 7) is 5.33. The number of esters is 1. The summed E-state index contributed by atoms with van der Waals surface area (Å²) in [5.74, 6) is -0.474. The molecule has 1 amide bonds. The number of halogens is 1. The molecule has 1 N–H and O–H groups in total. The second kappa shape index (κ2) is 10.6. The minimum Gasteiger partial charge on any atom is -0.484 e. The second-order valence-electron chi connectivity index (χ2n) is 7.01. The molecule has 0 atom stereocenters. The van der Waals surface area contributed by atoms with E-state index in [0.29, 0.717) is 21.9 Å². The number of nitrogens with zero attached hydrogens (tertiary/aromatic N) is 1. The summed E-state index contributed by atoms with van der Waals surface area (Å²) in [4.78, 5) is 36.6. The quantitative estimate of drug-likeness (QED) is 0.220. The molecule has 1 aromatic heterocycles. The molecule has 2 aromatic carbocycles. The smallest absolute Gasteiger partial charge is 0.341 e. The maximum atomic E-state index is 12.8. The van der Waals surface area contributed by atoms with Crippen molar-refractivity contribution >= 4 is 49.8 Å². The van der Waals surface area contributed by atoms with E-state index in [2.05, 4.69) is 21.2 Å². The summed E-state index contributed by atoms with van der Waals surface area (Å²) in [6.07, 6.45) is 0. The highest BCUT2D eigenvalue weighted by molar-refractivity contribution is 9.10. The van der Waals surface area contributed by atoms with Gasteiger partial charge in [0.15, 0.2) is 6.61 Å². The Hall–Kier alpha value is -3.24. The maximum absolute atomic E-state index is 12.8. The predicted octanol–water partition coefficient (Wildman–Crippen LogP) is 5.90. The van der Waals surface area contributed by atoms with Crippen LogP contribution in [0.2, 0.25) is 0 Å². The molecule has 0 saturated heterocycles. The molecular formula is C23H21BrN2O6S. The van der Waals surface area contributed by atoms with Gasteiger partial charge in [-0.3, -0.25) is 14.9 Å². The molecule has 8 nitrogen and oxygen atoms in total. The molecule has 0 aliphatic heterocycles. The van der Waals surface area contributed by atoms with E-state index in [-0.39, 0.29) is 24.5 Å². The number of carbonyl (C=O) groups is 2. The number of anilines is 1. The summed E-state index contributed by atoms with van der Waals surface area (Å²) in [7, 11) is 0. The first-order valence-corrected chi connectivity index (χ1v) is 11.6. The van der Waals surface area contributed by atoms with E-state index in [1.807, 2.05) is 19.1 Å². The highest BCUT2D eigenvalue weighted by atomic mass is 79.9. The van der Waals surface area contributed by atoms with Crippen molar-refractivity contribution in [3.63, 3.8) is 0 Å². The molecule has 0 radical (unpaired) electrons. The summed E-state index contributed by atoms with van der Waals surface area (Å²) < 4.78 is 11.7. The Morgan fingerprint density at radius 3 is 2.45 bits per heavy atom. The average molecular weight is 533 g/mol. The monoisotopic (exact) mass is 532 g/mol. The molecule has 0 spiro atoms. The van der Waals surface area contributed by atoms with Crippen LogP contribution in [0.15, 0.2) is 46.9 Å². The van der Waals surface area contributed by atoms with E-state index >= 15 is 0 Å². The lowest BCUT2D eigenvalue weighted by Gasteiger charge is -2.10. The largest absolute Gasteiger partial charge is 0.484 e. The number of nitro benzene ring substituents is 1. The number of carbonyl (C=O) groups excluding carboxylic acids is 2. The maximum Gasteiger partial charge on any atom is 0.341 e. The molecule has 1 heterocycles. The van der Waals surface area contributed by atoms with E-state index in [0.717, 1.165) is 14.9 Å². The number of aryl methyl sites for hydroxylation is 2. The highest BCUT2D eigenvalue weighted by Crippen LogP contribution is 2.40. The van der Waals surface area contributed by atoms with Crippen LogP contribution in [0.1, 0.15) is 27.7 Å². The summed E-state index contributed by atoms with van der Waals surface area (Å²) in [6, 6.07) is 11.3. The molecule has 0 aliphatic carbocycles. The predicted molar refractivity (Wildman–Crippen MR) is 130 cm³/mol. The first-order valence-electron chi connectivity index (χ1n) is 9.95. The molecule has 172 valence electrons. The van der Waals surface area contributed by atoms with Crippen LogP contribution in [0.5, 0.6) is 5.75 Å². The number of hydrogen-bond donors (Lipinski definition) is 1. The van der Waals surface area contributed by atoms with Crippen LogP contribution in [-0.2, 0) is 9.53 Å². The second-order valence-corrected chi connectivity index (χ2v) is 9.09. The minimum absolute atomic E-state index is 0.0572. The van der Waals surface area contributed by atoms with Crippen LogP contribution in [-0.4, -0.2) is 30.0 Å². The normalized spacial score (nSPS) is 10.5. The van der Waals surface area contributed by atoms with E-state index < -0.39 is 16.8 Å². The number of non-ortho nitro benzene ring substituents is 1. The lowest BCUT2D eigenvalue weighted by atomic mass is 10.0. The van der Waals surface area contributed by atoms with Gasteiger partial charge in [-0.2, -0.15) is 0 Å². The Balaban J connectivity index is 1.87. The van der Waals surface area contributed by atoms with Crippen LogP contribution in [0.3, 0.4) is 0 Å². The van der Waals surface area contributed by atoms with Gasteiger partial charge < -0.3 is 14.8 Å². The topological polar surface area (TPSA) is 108 Å². The lowest BCUT2D eigenvalue weighted by molar-refractivity contribution is -0.384. The third-order valence-electron chi connectivity index (χ3n) is 4.68. The van der Waals surface area contributed by atoms with Gasteiger partial charge in [0.1, 0.15) is 16.3 Å². The molecular weight excluding hydrogens is 512 g/mol. The number of rotatable bonds is 8. The van der Waals surface area contributed by atoms with Crippen molar-refractivity contribution in [2.45, 2.75) is 20.8 Å². The molecule has 0 saturated carbocycles. The van der Waals surface area contributed by atoms with Gasteiger partial charge in [-0.05, 0) is 62.2 Å². The van der Waals surface area contributed by atoms with Gasteiger partial charge in [-0.15, -0.1) is 11.3 Å². The van der Waals surface area contributed by atoms with Crippen molar-refractivity contribution in [1.82, 2.24) is 0 Å². The Morgan fingerprint density at radius 1 is 1.15 bits per heavy atom. The standard InChI is InChI=1S/C23H21BrN2O6S/c1-4-31-23(28)21-20(15-5-7-16(8-6-15)26(29)30)14(3)33-22(21)25-19(27)12-32-17-9-10-18(24)13(2)11-17/h5-11H,4,12H2,1-3H3,(H,25,27).